The highest BCUT2D eigenvalue weighted by atomic mass is 79.9. The molecular formula is C22H14BrClO3. The Balaban J connectivity index is 1.52. The number of carbonyl (C=O) groups excluding carboxylic acids is 1. The molecule has 4 rings (SSSR count). The van der Waals surface area contributed by atoms with Crippen molar-refractivity contribution in [1.82, 2.24) is 0 Å². The third-order valence-electron chi connectivity index (χ3n) is 4.08. The summed E-state index contributed by atoms with van der Waals surface area (Å²) in [5.41, 5.74) is 2.39. The highest BCUT2D eigenvalue weighted by molar-refractivity contribution is 9.10. The zero-order valence-electron chi connectivity index (χ0n) is 14.1. The van der Waals surface area contributed by atoms with Gasteiger partial charge in [0.1, 0.15) is 18.1 Å². The van der Waals surface area contributed by atoms with E-state index in [-0.39, 0.29) is 5.78 Å². The molecule has 0 aliphatic carbocycles. The predicted molar refractivity (Wildman–Crippen MR) is 109 cm³/mol. The second-order valence-corrected chi connectivity index (χ2v) is 7.42. The Bertz CT molecular complexity index is 1060. The molecule has 0 fully saturated rings. The predicted octanol–water partition coefficient (Wildman–Crippen LogP) is 6.30. The molecular weight excluding hydrogens is 428 g/mol. The molecule has 27 heavy (non-hydrogen) atoms. The van der Waals surface area contributed by atoms with Gasteiger partial charge in [0, 0.05) is 15.6 Å². The van der Waals surface area contributed by atoms with Crippen LogP contribution in [0.5, 0.6) is 11.5 Å². The lowest BCUT2D eigenvalue weighted by atomic mass is 10.1. The molecule has 134 valence electrons. The zero-order valence-corrected chi connectivity index (χ0v) is 16.5. The molecule has 0 spiro atoms. The first-order valence-electron chi connectivity index (χ1n) is 8.29. The number of benzene rings is 3. The molecule has 0 unspecified atom stereocenters. The maximum atomic E-state index is 12.6. The fourth-order valence-corrected chi connectivity index (χ4v) is 3.43. The van der Waals surface area contributed by atoms with Crippen molar-refractivity contribution in [3.63, 3.8) is 0 Å². The molecule has 1 aliphatic rings. The van der Waals surface area contributed by atoms with Crippen molar-refractivity contribution in [3.8, 4) is 11.5 Å². The molecule has 0 aromatic heterocycles. The van der Waals surface area contributed by atoms with E-state index in [0.29, 0.717) is 34.5 Å². The average molecular weight is 442 g/mol. The molecule has 5 heteroatoms. The lowest BCUT2D eigenvalue weighted by molar-refractivity contribution is 0.101. The van der Waals surface area contributed by atoms with Crippen molar-refractivity contribution >= 4 is 39.4 Å². The van der Waals surface area contributed by atoms with E-state index >= 15 is 0 Å². The Labute approximate surface area is 170 Å². The van der Waals surface area contributed by atoms with Gasteiger partial charge in [-0.3, -0.25) is 4.79 Å². The minimum atomic E-state index is -0.133. The number of hydrogen-bond acceptors (Lipinski definition) is 3. The van der Waals surface area contributed by atoms with Crippen LogP contribution in [0.1, 0.15) is 21.5 Å². The normalized spacial score (nSPS) is 14.1. The summed E-state index contributed by atoms with van der Waals surface area (Å²) in [6.45, 7) is 0.383. The van der Waals surface area contributed by atoms with Gasteiger partial charge >= 0.3 is 0 Å². The molecule has 0 bridgehead atoms. The van der Waals surface area contributed by atoms with E-state index in [1.165, 1.54) is 0 Å². The summed E-state index contributed by atoms with van der Waals surface area (Å²) in [6.07, 6.45) is 1.74. The molecule has 3 aromatic rings. The summed E-state index contributed by atoms with van der Waals surface area (Å²) < 4.78 is 12.5. The third kappa shape index (κ3) is 4.07. The van der Waals surface area contributed by atoms with Gasteiger partial charge in [0.25, 0.3) is 0 Å². The summed E-state index contributed by atoms with van der Waals surface area (Å²) in [7, 11) is 0. The van der Waals surface area contributed by atoms with Crippen molar-refractivity contribution in [2.24, 2.45) is 0 Å². The third-order valence-corrected chi connectivity index (χ3v) is 4.81. The molecule has 1 heterocycles. The molecule has 3 aromatic carbocycles. The Hall–Kier alpha value is -2.56. The number of rotatable bonds is 4. The van der Waals surface area contributed by atoms with E-state index < -0.39 is 0 Å². The van der Waals surface area contributed by atoms with Crippen LogP contribution in [0.4, 0.5) is 0 Å². The molecule has 0 N–H and O–H groups in total. The van der Waals surface area contributed by atoms with Crippen LogP contribution in [-0.4, -0.2) is 5.78 Å². The van der Waals surface area contributed by atoms with Crippen molar-refractivity contribution in [2.45, 2.75) is 6.61 Å². The molecule has 0 saturated heterocycles. The van der Waals surface area contributed by atoms with Gasteiger partial charge in [-0.1, -0.05) is 51.8 Å². The second-order valence-electron chi connectivity index (χ2n) is 6.07. The molecule has 0 atom stereocenters. The largest absolute Gasteiger partial charge is 0.489 e. The van der Waals surface area contributed by atoms with E-state index in [9.17, 15) is 4.79 Å². The van der Waals surface area contributed by atoms with Gasteiger partial charge in [-0.25, -0.2) is 0 Å². The molecule has 0 radical (unpaired) electrons. The van der Waals surface area contributed by atoms with Crippen LogP contribution >= 0.6 is 27.5 Å². The highest BCUT2D eigenvalue weighted by Gasteiger charge is 2.27. The van der Waals surface area contributed by atoms with Gasteiger partial charge in [0.15, 0.2) is 5.76 Å². The van der Waals surface area contributed by atoms with E-state index in [1.54, 1.807) is 24.3 Å². The van der Waals surface area contributed by atoms with Gasteiger partial charge < -0.3 is 9.47 Å². The maximum absolute atomic E-state index is 12.6. The van der Waals surface area contributed by atoms with E-state index in [1.807, 2.05) is 48.5 Å². The van der Waals surface area contributed by atoms with Crippen molar-refractivity contribution in [1.29, 1.82) is 0 Å². The summed E-state index contributed by atoms with van der Waals surface area (Å²) in [4.78, 5) is 12.6. The quantitative estimate of drug-likeness (QED) is 0.446. The van der Waals surface area contributed by atoms with Gasteiger partial charge in [-0.2, -0.15) is 0 Å². The number of carbonyl (C=O) groups is 1. The van der Waals surface area contributed by atoms with Crippen molar-refractivity contribution in [2.75, 3.05) is 0 Å². The summed E-state index contributed by atoms with van der Waals surface area (Å²) >= 11 is 9.42. The van der Waals surface area contributed by atoms with Gasteiger partial charge in [0.05, 0.1) is 5.56 Å². The van der Waals surface area contributed by atoms with Gasteiger partial charge in [-0.05, 0) is 53.6 Å². The Morgan fingerprint density at radius 3 is 2.70 bits per heavy atom. The maximum Gasteiger partial charge on any atom is 0.231 e. The first-order chi connectivity index (χ1) is 13.1. The number of ether oxygens (including phenoxy) is 2. The Morgan fingerprint density at radius 1 is 1.04 bits per heavy atom. The minimum absolute atomic E-state index is 0.133. The number of allylic oxidation sites excluding steroid dienone is 1. The SMILES string of the molecule is O=C1C(=Cc2cccc(Br)c2)Oc2cc(OCc3cccc(Cl)c3)ccc21. The summed E-state index contributed by atoms with van der Waals surface area (Å²) in [5.74, 6) is 1.30. The van der Waals surface area contributed by atoms with Crippen molar-refractivity contribution in [3.05, 3.63) is 98.7 Å². The molecule has 3 nitrogen and oxygen atoms in total. The number of hydrogen-bond donors (Lipinski definition) is 0. The smallest absolute Gasteiger partial charge is 0.231 e. The molecule has 0 saturated carbocycles. The van der Waals surface area contributed by atoms with Gasteiger partial charge in [0.2, 0.25) is 5.78 Å². The van der Waals surface area contributed by atoms with Crippen LogP contribution in [0, 0.1) is 0 Å². The monoisotopic (exact) mass is 440 g/mol. The second kappa shape index (κ2) is 7.59. The van der Waals surface area contributed by atoms with E-state index in [4.69, 9.17) is 21.1 Å². The molecule has 0 amide bonds. The Kier molecular flexibility index (Phi) is 5.01. The van der Waals surface area contributed by atoms with Crippen LogP contribution in [0.15, 0.2) is 77.0 Å². The van der Waals surface area contributed by atoms with Crippen LogP contribution < -0.4 is 9.47 Å². The fourth-order valence-electron chi connectivity index (χ4n) is 2.80. The molecule has 1 aliphatic heterocycles. The van der Waals surface area contributed by atoms with Crippen LogP contribution in [0.25, 0.3) is 6.08 Å². The first kappa shape index (κ1) is 17.8. The van der Waals surface area contributed by atoms with Crippen LogP contribution in [0.3, 0.4) is 0 Å². The van der Waals surface area contributed by atoms with E-state index in [0.717, 1.165) is 15.6 Å². The van der Waals surface area contributed by atoms with Crippen LogP contribution in [0.2, 0.25) is 5.02 Å². The summed E-state index contributed by atoms with van der Waals surface area (Å²) in [6, 6.07) is 20.4. The number of fused-ring (bicyclic) bond motifs is 1. The zero-order chi connectivity index (χ0) is 18.8. The number of ketones is 1. The highest BCUT2D eigenvalue weighted by Crippen LogP contribution is 2.35. The first-order valence-corrected chi connectivity index (χ1v) is 9.47. The lowest BCUT2D eigenvalue weighted by Gasteiger charge is -2.07. The van der Waals surface area contributed by atoms with E-state index in [2.05, 4.69) is 15.9 Å². The minimum Gasteiger partial charge on any atom is -0.489 e. The topological polar surface area (TPSA) is 35.5 Å². The Morgan fingerprint density at radius 2 is 1.89 bits per heavy atom. The number of Topliss-reactive ketones (excluding diaryl/α,β-unsaturated/α-hetero) is 1. The van der Waals surface area contributed by atoms with Crippen LogP contribution in [-0.2, 0) is 6.61 Å². The number of halogens is 2. The average Bonchev–Trinajstić information content (AvgIpc) is 2.95. The fraction of sp³-hybridized carbons (Fsp3) is 0.0455. The van der Waals surface area contributed by atoms with Crippen molar-refractivity contribution < 1.29 is 14.3 Å². The summed E-state index contributed by atoms with van der Waals surface area (Å²) in [5, 5.41) is 0.668. The van der Waals surface area contributed by atoms with Gasteiger partial charge in [-0.15, -0.1) is 0 Å². The lowest BCUT2D eigenvalue weighted by Crippen LogP contribution is -1.98. The standard InChI is InChI=1S/C22H14BrClO3/c23-16-5-1-3-14(9-16)11-21-22(25)19-8-7-18(12-20(19)27-21)26-13-15-4-2-6-17(24)10-15/h1-12H,13H2.